The summed E-state index contributed by atoms with van der Waals surface area (Å²) in [6.45, 7) is 0. The van der Waals surface area contributed by atoms with Crippen molar-refractivity contribution < 1.29 is 9.84 Å². The zero-order chi connectivity index (χ0) is 17.7. The zero-order valence-corrected chi connectivity index (χ0v) is 15.2. The number of fused-ring (bicyclic) bond motifs is 3. The number of thiophene rings is 1. The molecule has 0 fully saturated rings. The van der Waals surface area contributed by atoms with E-state index in [0.29, 0.717) is 17.0 Å². The Balaban J connectivity index is 1.62. The Hall–Kier alpha value is -2.50. The van der Waals surface area contributed by atoms with Crippen molar-refractivity contribution in [2.75, 3.05) is 0 Å². The van der Waals surface area contributed by atoms with Gasteiger partial charge in [-0.25, -0.2) is 5.01 Å². The summed E-state index contributed by atoms with van der Waals surface area (Å²) >= 11 is 7.79. The minimum absolute atomic E-state index is 0.0698. The fraction of sp³-hybridized carbons (Fsp3) is 0.150. The number of hydrogen-bond acceptors (Lipinski definition) is 5. The van der Waals surface area contributed by atoms with Crippen LogP contribution < -0.4 is 4.74 Å². The summed E-state index contributed by atoms with van der Waals surface area (Å²) in [5.74, 6) is 1.08. The summed E-state index contributed by atoms with van der Waals surface area (Å²) in [4.78, 5) is 1.10. The molecule has 1 aromatic heterocycles. The third kappa shape index (κ3) is 2.47. The highest BCUT2D eigenvalue weighted by molar-refractivity contribution is 7.10. The van der Waals surface area contributed by atoms with Crippen LogP contribution >= 0.6 is 22.9 Å². The molecule has 5 rings (SSSR count). The molecule has 0 spiro atoms. The van der Waals surface area contributed by atoms with Crippen LogP contribution in [0, 0.1) is 0 Å². The molecule has 130 valence electrons. The van der Waals surface area contributed by atoms with Gasteiger partial charge in [0.1, 0.15) is 11.5 Å². The predicted molar refractivity (Wildman–Crippen MR) is 103 cm³/mol. The highest BCUT2D eigenvalue weighted by Crippen LogP contribution is 2.48. The molecule has 0 bridgehead atoms. The zero-order valence-electron chi connectivity index (χ0n) is 13.7. The number of aromatic hydroxyl groups is 1. The molecule has 2 aromatic carbocycles. The SMILES string of the molecule is Oc1ccc(Cl)cc1C1=NN2[C@@H](c3cccs3)Oc3ccccc3[C@@H]2C1. The molecule has 0 amide bonds. The molecule has 2 aliphatic heterocycles. The van der Waals surface area contributed by atoms with Crippen LogP contribution in [0.3, 0.4) is 0 Å². The second-order valence-corrected chi connectivity index (χ2v) is 7.75. The largest absolute Gasteiger partial charge is 0.507 e. The smallest absolute Gasteiger partial charge is 0.222 e. The number of hydrazone groups is 1. The van der Waals surface area contributed by atoms with Gasteiger partial charge in [-0.1, -0.05) is 35.9 Å². The van der Waals surface area contributed by atoms with Crippen LogP contribution in [0.15, 0.2) is 65.1 Å². The summed E-state index contributed by atoms with van der Waals surface area (Å²) in [5, 5.41) is 19.7. The van der Waals surface area contributed by atoms with Crippen molar-refractivity contribution in [3.63, 3.8) is 0 Å². The molecule has 4 nitrogen and oxygen atoms in total. The number of rotatable bonds is 2. The first-order chi connectivity index (χ1) is 12.7. The normalized spacial score (nSPS) is 21.0. The molecule has 2 atom stereocenters. The van der Waals surface area contributed by atoms with Gasteiger partial charge in [0.2, 0.25) is 6.23 Å². The van der Waals surface area contributed by atoms with Gasteiger partial charge < -0.3 is 9.84 Å². The van der Waals surface area contributed by atoms with Crippen molar-refractivity contribution in [1.82, 2.24) is 5.01 Å². The van der Waals surface area contributed by atoms with Crippen LogP contribution in [0.5, 0.6) is 11.5 Å². The Morgan fingerprint density at radius 3 is 2.88 bits per heavy atom. The van der Waals surface area contributed by atoms with Gasteiger partial charge in [0.05, 0.1) is 16.6 Å². The van der Waals surface area contributed by atoms with E-state index in [-0.39, 0.29) is 18.0 Å². The molecule has 0 saturated heterocycles. The highest BCUT2D eigenvalue weighted by Gasteiger charge is 2.41. The Bertz CT molecular complexity index is 1000. The summed E-state index contributed by atoms with van der Waals surface area (Å²) in [6, 6.07) is 17.3. The number of para-hydroxylation sites is 1. The molecular formula is C20H15ClN2O2S. The first-order valence-corrected chi connectivity index (χ1v) is 9.60. The molecule has 0 saturated carbocycles. The maximum absolute atomic E-state index is 10.3. The van der Waals surface area contributed by atoms with Crippen LogP contribution in [-0.4, -0.2) is 15.8 Å². The molecule has 1 N–H and O–H groups in total. The van der Waals surface area contributed by atoms with Crippen molar-refractivity contribution >= 4 is 28.6 Å². The second kappa shape index (κ2) is 6.04. The van der Waals surface area contributed by atoms with Crippen LogP contribution in [0.1, 0.15) is 34.7 Å². The fourth-order valence-electron chi connectivity index (χ4n) is 3.56. The molecule has 3 heterocycles. The lowest BCUT2D eigenvalue weighted by Gasteiger charge is -2.37. The summed E-state index contributed by atoms with van der Waals surface area (Å²) in [7, 11) is 0. The van der Waals surface area contributed by atoms with E-state index in [1.807, 2.05) is 34.7 Å². The minimum atomic E-state index is -0.270. The van der Waals surface area contributed by atoms with Crippen LogP contribution in [-0.2, 0) is 0 Å². The van der Waals surface area contributed by atoms with Crippen LogP contribution in [0.4, 0.5) is 0 Å². The molecule has 0 radical (unpaired) electrons. The molecule has 0 aliphatic carbocycles. The molecule has 6 heteroatoms. The number of phenolic OH excluding ortho intramolecular Hbond substituents is 1. The van der Waals surface area contributed by atoms with Crippen LogP contribution in [0.25, 0.3) is 0 Å². The van der Waals surface area contributed by atoms with Crippen molar-refractivity contribution in [3.05, 3.63) is 81.0 Å². The summed E-state index contributed by atoms with van der Waals surface area (Å²) < 4.78 is 6.27. The Morgan fingerprint density at radius 2 is 2.04 bits per heavy atom. The van der Waals surface area contributed by atoms with E-state index >= 15 is 0 Å². The van der Waals surface area contributed by atoms with Gasteiger partial charge in [-0.2, -0.15) is 5.10 Å². The lowest BCUT2D eigenvalue weighted by atomic mass is 9.96. The molecule has 26 heavy (non-hydrogen) atoms. The van der Waals surface area contributed by atoms with Gasteiger partial charge in [-0.05, 0) is 35.7 Å². The summed E-state index contributed by atoms with van der Waals surface area (Å²) in [6.07, 6.45) is 0.421. The Labute approximate surface area is 159 Å². The average molecular weight is 383 g/mol. The predicted octanol–water partition coefficient (Wildman–Crippen LogP) is 5.35. The molecule has 3 aromatic rings. The van der Waals surface area contributed by atoms with Crippen molar-refractivity contribution in [2.24, 2.45) is 5.10 Å². The van der Waals surface area contributed by atoms with E-state index in [9.17, 15) is 5.11 Å². The Morgan fingerprint density at radius 1 is 1.15 bits per heavy atom. The molecule has 2 aliphatic rings. The quantitative estimate of drug-likeness (QED) is 0.649. The van der Waals surface area contributed by atoms with E-state index in [0.717, 1.165) is 21.9 Å². The van der Waals surface area contributed by atoms with Crippen molar-refractivity contribution in [2.45, 2.75) is 18.7 Å². The van der Waals surface area contributed by atoms with E-state index in [1.165, 1.54) is 0 Å². The monoisotopic (exact) mass is 382 g/mol. The van der Waals surface area contributed by atoms with Crippen molar-refractivity contribution in [1.29, 1.82) is 0 Å². The minimum Gasteiger partial charge on any atom is -0.507 e. The topological polar surface area (TPSA) is 45.1 Å². The third-order valence-electron chi connectivity index (χ3n) is 4.76. The van der Waals surface area contributed by atoms with Gasteiger partial charge in [0.25, 0.3) is 0 Å². The fourth-order valence-corrected chi connectivity index (χ4v) is 4.47. The first kappa shape index (κ1) is 15.7. The van der Waals surface area contributed by atoms with Gasteiger partial charge in [0, 0.05) is 22.6 Å². The van der Waals surface area contributed by atoms with E-state index in [1.54, 1.807) is 29.5 Å². The van der Waals surface area contributed by atoms with E-state index < -0.39 is 0 Å². The summed E-state index contributed by atoms with van der Waals surface area (Å²) in [5.41, 5.74) is 2.60. The number of hydrogen-bond donors (Lipinski definition) is 1. The molecular weight excluding hydrogens is 368 g/mol. The van der Waals surface area contributed by atoms with E-state index in [2.05, 4.69) is 12.1 Å². The first-order valence-electron chi connectivity index (χ1n) is 8.34. The van der Waals surface area contributed by atoms with Gasteiger partial charge in [-0.15, -0.1) is 11.3 Å². The number of halogens is 1. The Kier molecular flexibility index (Phi) is 3.65. The highest BCUT2D eigenvalue weighted by atomic mass is 35.5. The van der Waals surface area contributed by atoms with Gasteiger partial charge in [0.15, 0.2) is 0 Å². The average Bonchev–Trinajstić information content (AvgIpc) is 3.33. The van der Waals surface area contributed by atoms with Gasteiger partial charge >= 0.3 is 0 Å². The lowest BCUT2D eigenvalue weighted by Crippen LogP contribution is -2.33. The number of nitrogens with zero attached hydrogens (tertiary/aromatic N) is 2. The molecule has 0 unspecified atom stereocenters. The second-order valence-electron chi connectivity index (χ2n) is 6.33. The maximum atomic E-state index is 10.3. The number of ether oxygens (including phenoxy) is 1. The van der Waals surface area contributed by atoms with Gasteiger partial charge in [-0.3, -0.25) is 0 Å². The maximum Gasteiger partial charge on any atom is 0.222 e. The van der Waals surface area contributed by atoms with Crippen molar-refractivity contribution in [3.8, 4) is 11.5 Å². The van der Waals surface area contributed by atoms with E-state index in [4.69, 9.17) is 21.4 Å². The third-order valence-corrected chi connectivity index (χ3v) is 5.89. The van der Waals surface area contributed by atoms with Crippen LogP contribution in [0.2, 0.25) is 5.02 Å². The number of benzene rings is 2. The standard InChI is InChI=1S/C20H15ClN2O2S/c21-12-7-8-17(24)14(10-12)15-11-16-13-4-1-2-5-18(13)25-20(23(16)22-15)19-6-3-9-26-19/h1-10,16,20,24H,11H2/t16-,20+/m0/s1. The number of phenols is 1. The lowest BCUT2D eigenvalue weighted by molar-refractivity contribution is -0.0165.